The van der Waals surface area contributed by atoms with Crippen LogP contribution < -0.4 is 5.56 Å². The summed E-state index contributed by atoms with van der Waals surface area (Å²) in [5.74, 6) is -2.77. The van der Waals surface area contributed by atoms with Gasteiger partial charge >= 0.3 is 5.97 Å². The van der Waals surface area contributed by atoms with Gasteiger partial charge in [-0.1, -0.05) is 0 Å². The number of carboxylic acids is 1. The van der Waals surface area contributed by atoms with E-state index in [0.717, 1.165) is 19.1 Å². The summed E-state index contributed by atoms with van der Waals surface area (Å²) in [6.45, 7) is 1.09. The van der Waals surface area contributed by atoms with Crippen molar-refractivity contribution in [3.8, 4) is 0 Å². The number of halogens is 1. The van der Waals surface area contributed by atoms with Crippen molar-refractivity contribution < 1.29 is 19.1 Å². The fraction of sp³-hybridized carbons (Fsp3) is 0.0833. The minimum Gasteiger partial charge on any atom is -0.478 e. The minimum absolute atomic E-state index is 0.00713. The van der Waals surface area contributed by atoms with Crippen LogP contribution in [0.3, 0.4) is 0 Å². The van der Waals surface area contributed by atoms with Gasteiger partial charge in [-0.2, -0.15) is 0 Å². The Labute approximate surface area is 99.9 Å². The molecule has 1 aromatic carbocycles. The van der Waals surface area contributed by atoms with Crippen LogP contribution in [0.4, 0.5) is 4.39 Å². The van der Waals surface area contributed by atoms with Gasteiger partial charge in [-0.15, -0.1) is 0 Å². The number of carbonyl (C=O) groups is 2. The Morgan fingerprint density at radius 2 is 1.94 bits per heavy atom. The summed E-state index contributed by atoms with van der Waals surface area (Å²) >= 11 is 0. The van der Waals surface area contributed by atoms with Crippen molar-refractivity contribution in [3.05, 3.63) is 45.5 Å². The average Bonchev–Trinajstić information content (AvgIpc) is 2.27. The maximum atomic E-state index is 13.1. The highest BCUT2D eigenvalue weighted by Gasteiger charge is 2.21. The molecular formula is C12H8FNO4. The zero-order valence-electron chi connectivity index (χ0n) is 9.28. The summed E-state index contributed by atoms with van der Waals surface area (Å²) in [4.78, 5) is 36.5. The van der Waals surface area contributed by atoms with Crippen LogP contribution in [-0.4, -0.2) is 21.8 Å². The molecule has 18 heavy (non-hydrogen) atoms. The second-order valence-corrected chi connectivity index (χ2v) is 3.76. The predicted octanol–water partition coefficient (Wildman–Crippen LogP) is 1.57. The Bertz CT molecular complexity index is 733. The van der Waals surface area contributed by atoms with Gasteiger partial charge in [-0.25, -0.2) is 9.18 Å². The van der Waals surface area contributed by atoms with E-state index in [1.165, 1.54) is 6.07 Å². The van der Waals surface area contributed by atoms with Crippen LogP contribution >= 0.6 is 0 Å². The fourth-order valence-corrected chi connectivity index (χ4v) is 1.82. The molecule has 2 N–H and O–H groups in total. The number of rotatable bonds is 2. The zero-order valence-corrected chi connectivity index (χ0v) is 9.28. The summed E-state index contributed by atoms with van der Waals surface area (Å²) in [5, 5.41) is 9.09. The molecule has 0 fully saturated rings. The van der Waals surface area contributed by atoms with Crippen molar-refractivity contribution in [2.45, 2.75) is 6.92 Å². The number of nitrogens with one attached hydrogen (secondary N) is 1. The molecule has 2 rings (SSSR count). The third-order valence-corrected chi connectivity index (χ3v) is 2.54. The Balaban J connectivity index is 3.06. The summed E-state index contributed by atoms with van der Waals surface area (Å²) in [5.41, 5.74) is -1.57. The lowest BCUT2D eigenvalue weighted by Gasteiger charge is -2.06. The van der Waals surface area contributed by atoms with Crippen LogP contribution in [0.5, 0.6) is 0 Å². The van der Waals surface area contributed by atoms with Gasteiger partial charge in [-0.05, 0) is 25.1 Å². The number of aromatic nitrogens is 1. The first-order valence-corrected chi connectivity index (χ1v) is 5.01. The first-order chi connectivity index (χ1) is 8.41. The second-order valence-electron chi connectivity index (χ2n) is 3.76. The predicted molar refractivity (Wildman–Crippen MR) is 61.5 cm³/mol. The van der Waals surface area contributed by atoms with Gasteiger partial charge in [0, 0.05) is 10.9 Å². The van der Waals surface area contributed by atoms with Crippen LogP contribution in [0.1, 0.15) is 27.6 Å². The van der Waals surface area contributed by atoms with E-state index in [1.807, 2.05) is 0 Å². The van der Waals surface area contributed by atoms with E-state index < -0.39 is 34.3 Å². The van der Waals surface area contributed by atoms with Crippen molar-refractivity contribution in [2.24, 2.45) is 0 Å². The van der Waals surface area contributed by atoms with Crippen molar-refractivity contribution in [1.29, 1.82) is 0 Å². The molecular weight excluding hydrogens is 241 g/mol. The van der Waals surface area contributed by atoms with E-state index in [4.69, 9.17) is 5.11 Å². The Morgan fingerprint density at radius 3 is 2.50 bits per heavy atom. The number of hydrogen-bond acceptors (Lipinski definition) is 3. The summed E-state index contributed by atoms with van der Waals surface area (Å²) in [7, 11) is 0. The van der Waals surface area contributed by atoms with Crippen molar-refractivity contribution in [1.82, 2.24) is 4.98 Å². The molecule has 2 aromatic rings. The van der Waals surface area contributed by atoms with Gasteiger partial charge in [0.2, 0.25) is 0 Å². The molecule has 1 aromatic heterocycles. The molecule has 0 aliphatic carbocycles. The number of carbonyl (C=O) groups excluding carboxylic acids is 1. The highest BCUT2D eigenvalue weighted by Crippen LogP contribution is 2.20. The molecule has 0 radical (unpaired) electrons. The molecule has 5 nitrogen and oxygen atoms in total. The zero-order chi connectivity index (χ0) is 13.4. The van der Waals surface area contributed by atoms with Crippen LogP contribution in [0.15, 0.2) is 23.0 Å². The molecule has 0 atom stereocenters. The quantitative estimate of drug-likeness (QED) is 0.791. The number of H-pyrrole nitrogens is 1. The largest absolute Gasteiger partial charge is 0.478 e. The average molecular weight is 249 g/mol. The standard InChI is InChI=1S/C12H8FNO4/c1-5(15)9-10(12(17)18)7-4-6(13)2-3-8(7)14-11(9)16/h2-4H,1H3,(H,14,16)(H,17,18). The van der Waals surface area contributed by atoms with E-state index in [0.29, 0.717) is 0 Å². The van der Waals surface area contributed by atoms with Gasteiger partial charge in [0.1, 0.15) is 5.82 Å². The molecule has 0 unspecified atom stereocenters. The molecule has 0 aliphatic heterocycles. The normalized spacial score (nSPS) is 10.6. The van der Waals surface area contributed by atoms with Crippen LogP contribution in [0, 0.1) is 5.82 Å². The number of hydrogen-bond donors (Lipinski definition) is 2. The summed E-state index contributed by atoms with van der Waals surface area (Å²) in [6.07, 6.45) is 0. The Morgan fingerprint density at radius 1 is 1.28 bits per heavy atom. The summed E-state index contributed by atoms with van der Waals surface area (Å²) in [6, 6.07) is 3.32. The van der Waals surface area contributed by atoms with Crippen LogP contribution in [0.25, 0.3) is 10.9 Å². The number of benzene rings is 1. The fourth-order valence-electron chi connectivity index (χ4n) is 1.82. The SMILES string of the molecule is CC(=O)c1c(C(=O)O)c2cc(F)ccc2[nH]c1=O. The number of fused-ring (bicyclic) bond motifs is 1. The van der Waals surface area contributed by atoms with Crippen molar-refractivity contribution in [3.63, 3.8) is 0 Å². The summed E-state index contributed by atoms with van der Waals surface area (Å²) < 4.78 is 13.1. The van der Waals surface area contributed by atoms with E-state index >= 15 is 0 Å². The molecule has 92 valence electrons. The molecule has 0 spiro atoms. The van der Waals surface area contributed by atoms with E-state index in [9.17, 15) is 18.8 Å². The van der Waals surface area contributed by atoms with Crippen molar-refractivity contribution >= 4 is 22.7 Å². The highest BCUT2D eigenvalue weighted by molar-refractivity contribution is 6.12. The van der Waals surface area contributed by atoms with Crippen LogP contribution in [-0.2, 0) is 0 Å². The third kappa shape index (κ3) is 1.77. The van der Waals surface area contributed by atoms with Gasteiger partial charge in [0.25, 0.3) is 5.56 Å². The topological polar surface area (TPSA) is 87.2 Å². The number of ketones is 1. The van der Waals surface area contributed by atoms with Crippen LogP contribution in [0.2, 0.25) is 0 Å². The third-order valence-electron chi connectivity index (χ3n) is 2.54. The van der Waals surface area contributed by atoms with E-state index in [2.05, 4.69) is 4.98 Å². The minimum atomic E-state index is -1.44. The molecule has 0 amide bonds. The lowest BCUT2D eigenvalue weighted by molar-refractivity contribution is 0.0694. The lowest BCUT2D eigenvalue weighted by Crippen LogP contribution is -2.22. The number of Topliss-reactive ketones (excluding diaryl/α,β-unsaturated/α-hetero) is 1. The monoisotopic (exact) mass is 249 g/mol. The highest BCUT2D eigenvalue weighted by atomic mass is 19.1. The number of pyridine rings is 1. The first-order valence-electron chi connectivity index (χ1n) is 5.01. The maximum Gasteiger partial charge on any atom is 0.337 e. The van der Waals surface area contributed by atoms with Crippen molar-refractivity contribution in [2.75, 3.05) is 0 Å². The number of aromatic amines is 1. The first kappa shape index (κ1) is 12.0. The van der Waals surface area contributed by atoms with E-state index in [-0.39, 0.29) is 10.9 Å². The molecule has 6 heteroatoms. The van der Waals surface area contributed by atoms with E-state index in [1.54, 1.807) is 0 Å². The number of carboxylic acid groups (broad SMARTS) is 1. The maximum absolute atomic E-state index is 13.1. The molecule has 0 bridgehead atoms. The molecule has 1 heterocycles. The Kier molecular flexibility index (Phi) is 2.70. The second kappa shape index (κ2) is 4.06. The number of aromatic carboxylic acids is 1. The smallest absolute Gasteiger partial charge is 0.337 e. The molecule has 0 saturated carbocycles. The van der Waals surface area contributed by atoms with Gasteiger partial charge in [0.05, 0.1) is 11.1 Å². The Hall–Kier alpha value is -2.50. The molecule has 0 aliphatic rings. The van der Waals surface area contributed by atoms with Gasteiger partial charge in [-0.3, -0.25) is 9.59 Å². The lowest BCUT2D eigenvalue weighted by atomic mass is 10.0. The van der Waals surface area contributed by atoms with Gasteiger partial charge in [0.15, 0.2) is 5.78 Å². The van der Waals surface area contributed by atoms with Gasteiger partial charge < -0.3 is 10.1 Å². The molecule has 0 saturated heterocycles.